The Bertz CT molecular complexity index is 447. The zero-order valence-corrected chi connectivity index (χ0v) is 12.4. The average Bonchev–Trinajstić information content (AvgIpc) is 2.88. The minimum Gasteiger partial charge on any atom is -0.354 e. The van der Waals surface area contributed by atoms with Crippen LogP contribution in [0.2, 0.25) is 0 Å². The summed E-state index contributed by atoms with van der Waals surface area (Å²) in [6, 6.07) is 4.40. The number of aromatic nitrogens is 1. The summed E-state index contributed by atoms with van der Waals surface area (Å²) in [6.07, 6.45) is 6.43. The fraction of sp³-hybridized carbons (Fsp3) is 0.600. The summed E-state index contributed by atoms with van der Waals surface area (Å²) in [7, 11) is 0. The molecule has 5 heteroatoms. The zero-order chi connectivity index (χ0) is 14.8. The van der Waals surface area contributed by atoms with Gasteiger partial charge in [0.15, 0.2) is 0 Å². The highest BCUT2D eigenvalue weighted by atomic mass is 16.1. The van der Waals surface area contributed by atoms with Crippen molar-refractivity contribution in [2.24, 2.45) is 0 Å². The van der Waals surface area contributed by atoms with E-state index in [1.54, 1.807) is 0 Å². The Morgan fingerprint density at radius 3 is 2.90 bits per heavy atom. The van der Waals surface area contributed by atoms with Gasteiger partial charge in [0.1, 0.15) is 6.54 Å². The van der Waals surface area contributed by atoms with Crippen LogP contribution in [0.25, 0.3) is 0 Å². The van der Waals surface area contributed by atoms with Gasteiger partial charge in [0.05, 0.1) is 12.5 Å². The lowest BCUT2D eigenvalue weighted by Crippen LogP contribution is -2.27. The van der Waals surface area contributed by atoms with Crippen molar-refractivity contribution in [3.05, 3.63) is 24.0 Å². The molecule has 1 aromatic rings. The first-order valence-electron chi connectivity index (χ1n) is 7.24. The third-order valence-electron chi connectivity index (χ3n) is 3.11. The van der Waals surface area contributed by atoms with Crippen LogP contribution in [0.4, 0.5) is 0 Å². The molecule has 20 heavy (non-hydrogen) atoms. The molecule has 0 saturated heterocycles. The molecule has 5 nitrogen and oxygen atoms in total. The molecule has 1 unspecified atom stereocenters. The number of carbonyl (C=O) groups is 1. The number of nitrogens with one attached hydrogen (secondary N) is 2. The molecule has 1 amide bonds. The van der Waals surface area contributed by atoms with E-state index in [0.717, 1.165) is 19.4 Å². The van der Waals surface area contributed by atoms with Gasteiger partial charge in [-0.1, -0.05) is 13.8 Å². The predicted octanol–water partition coefficient (Wildman–Crippen LogP) is 1.97. The average molecular weight is 276 g/mol. The van der Waals surface area contributed by atoms with Gasteiger partial charge in [-0.2, -0.15) is 5.26 Å². The van der Waals surface area contributed by atoms with Crippen molar-refractivity contribution in [3.8, 4) is 6.07 Å². The third-order valence-corrected chi connectivity index (χ3v) is 3.11. The second kappa shape index (κ2) is 9.16. The lowest BCUT2D eigenvalue weighted by atomic mass is 10.1. The van der Waals surface area contributed by atoms with E-state index in [1.165, 1.54) is 5.56 Å². The Hall–Kier alpha value is -1.80. The molecule has 1 rings (SSSR count). The Balaban J connectivity index is 2.49. The molecule has 0 radical (unpaired) electrons. The molecule has 1 heterocycles. The van der Waals surface area contributed by atoms with E-state index < -0.39 is 0 Å². The van der Waals surface area contributed by atoms with Gasteiger partial charge in [-0.3, -0.25) is 4.79 Å². The predicted molar refractivity (Wildman–Crippen MR) is 79.0 cm³/mol. The molecule has 0 bridgehead atoms. The van der Waals surface area contributed by atoms with Crippen molar-refractivity contribution in [3.63, 3.8) is 0 Å². The fourth-order valence-corrected chi connectivity index (χ4v) is 2.06. The van der Waals surface area contributed by atoms with Gasteiger partial charge in [-0.15, -0.1) is 0 Å². The first-order chi connectivity index (χ1) is 9.71. The second-order valence-corrected chi connectivity index (χ2v) is 4.79. The number of hydrogen-bond donors (Lipinski definition) is 2. The number of rotatable bonds is 9. The number of amides is 1. The molecule has 0 saturated carbocycles. The first-order valence-corrected chi connectivity index (χ1v) is 7.24. The topological polar surface area (TPSA) is 69.8 Å². The summed E-state index contributed by atoms with van der Waals surface area (Å²) >= 11 is 0. The Morgan fingerprint density at radius 2 is 2.25 bits per heavy atom. The molecule has 0 fully saturated rings. The van der Waals surface area contributed by atoms with E-state index >= 15 is 0 Å². The van der Waals surface area contributed by atoms with E-state index in [2.05, 4.69) is 30.5 Å². The molecule has 1 aromatic heterocycles. The zero-order valence-electron chi connectivity index (χ0n) is 12.4. The first kappa shape index (κ1) is 16.3. The molecule has 0 aliphatic rings. The molecule has 0 aromatic carbocycles. The number of carbonyl (C=O) groups excluding carboxylic acids is 1. The standard InChI is InChI=1S/C15H24N4O/c1-3-8-17-14(4-2)13-6-10-19(11-13)12-15(20)18-9-5-7-16/h6,10-11,14,17H,3-5,8-9,12H2,1-2H3,(H,18,20). The molecule has 2 N–H and O–H groups in total. The Labute approximate surface area is 121 Å². The van der Waals surface area contributed by atoms with E-state index in [4.69, 9.17) is 5.26 Å². The van der Waals surface area contributed by atoms with Crippen molar-refractivity contribution >= 4 is 5.91 Å². The maximum absolute atomic E-state index is 11.7. The van der Waals surface area contributed by atoms with Crippen molar-refractivity contribution in [1.29, 1.82) is 5.26 Å². The molecular weight excluding hydrogens is 252 g/mol. The Morgan fingerprint density at radius 1 is 1.45 bits per heavy atom. The molecule has 1 atom stereocenters. The Kier molecular flexibility index (Phi) is 7.44. The van der Waals surface area contributed by atoms with Gasteiger partial charge in [0.2, 0.25) is 5.91 Å². The smallest absolute Gasteiger partial charge is 0.239 e. The number of nitriles is 1. The highest BCUT2D eigenvalue weighted by Gasteiger charge is 2.10. The van der Waals surface area contributed by atoms with Crippen molar-refractivity contribution < 1.29 is 4.79 Å². The van der Waals surface area contributed by atoms with Crippen LogP contribution < -0.4 is 10.6 Å². The fourth-order valence-electron chi connectivity index (χ4n) is 2.06. The summed E-state index contributed by atoms with van der Waals surface area (Å²) in [6.45, 7) is 6.02. The van der Waals surface area contributed by atoms with Gasteiger partial charge in [-0.25, -0.2) is 0 Å². The van der Waals surface area contributed by atoms with E-state index in [-0.39, 0.29) is 5.91 Å². The highest BCUT2D eigenvalue weighted by molar-refractivity contribution is 5.75. The lowest BCUT2D eigenvalue weighted by molar-refractivity contribution is -0.121. The van der Waals surface area contributed by atoms with Crippen LogP contribution in [0.1, 0.15) is 44.7 Å². The van der Waals surface area contributed by atoms with E-state index in [9.17, 15) is 4.79 Å². The third kappa shape index (κ3) is 5.45. The van der Waals surface area contributed by atoms with Crippen LogP contribution in [0.3, 0.4) is 0 Å². The highest BCUT2D eigenvalue weighted by Crippen LogP contribution is 2.16. The second-order valence-electron chi connectivity index (χ2n) is 4.79. The maximum atomic E-state index is 11.7. The van der Waals surface area contributed by atoms with Gasteiger partial charge in [0, 0.05) is 25.0 Å². The van der Waals surface area contributed by atoms with Gasteiger partial charge in [-0.05, 0) is 31.0 Å². The summed E-state index contributed by atoms with van der Waals surface area (Å²) in [5, 5.41) is 14.6. The van der Waals surface area contributed by atoms with E-state index in [1.807, 2.05) is 23.0 Å². The van der Waals surface area contributed by atoms with Crippen molar-refractivity contribution in [1.82, 2.24) is 15.2 Å². The SMILES string of the molecule is CCCNC(CC)c1ccn(CC(=O)NCCC#N)c1. The van der Waals surface area contributed by atoms with Crippen LogP contribution in [-0.4, -0.2) is 23.6 Å². The minimum atomic E-state index is -0.0584. The largest absolute Gasteiger partial charge is 0.354 e. The van der Waals surface area contributed by atoms with Crippen LogP contribution in [0.15, 0.2) is 18.5 Å². The van der Waals surface area contributed by atoms with E-state index in [0.29, 0.717) is 25.6 Å². The molecule has 110 valence electrons. The number of hydrogen-bond acceptors (Lipinski definition) is 3. The normalized spacial score (nSPS) is 11.8. The van der Waals surface area contributed by atoms with Gasteiger partial charge in [0.25, 0.3) is 0 Å². The molecular formula is C15H24N4O. The van der Waals surface area contributed by atoms with Crippen molar-refractivity contribution in [2.75, 3.05) is 13.1 Å². The minimum absolute atomic E-state index is 0.0584. The quantitative estimate of drug-likeness (QED) is 0.677. The monoisotopic (exact) mass is 276 g/mol. The van der Waals surface area contributed by atoms with Crippen LogP contribution in [0.5, 0.6) is 0 Å². The van der Waals surface area contributed by atoms with Crippen LogP contribution in [-0.2, 0) is 11.3 Å². The summed E-state index contributed by atoms with van der Waals surface area (Å²) in [4.78, 5) is 11.7. The lowest BCUT2D eigenvalue weighted by Gasteiger charge is -2.15. The summed E-state index contributed by atoms with van der Waals surface area (Å²) in [5.74, 6) is -0.0584. The van der Waals surface area contributed by atoms with Gasteiger partial charge < -0.3 is 15.2 Å². The maximum Gasteiger partial charge on any atom is 0.239 e. The summed E-state index contributed by atoms with van der Waals surface area (Å²) in [5.41, 5.74) is 1.21. The molecule has 0 aliphatic carbocycles. The van der Waals surface area contributed by atoms with Gasteiger partial charge >= 0.3 is 0 Å². The van der Waals surface area contributed by atoms with Crippen molar-refractivity contribution in [2.45, 2.75) is 45.7 Å². The summed E-state index contributed by atoms with van der Waals surface area (Å²) < 4.78 is 1.88. The molecule has 0 aliphatic heterocycles. The number of nitrogens with zero attached hydrogens (tertiary/aromatic N) is 2. The van der Waals surface area contributed by atoms with Crippen LogP contribution in [0, 0.1) is 11.3 Å². The molecule has 0 spiro atoms. The van der Waals surface area contributed by atoms with Crippen LogP contribution >= 0.6 is 0 Å².